The van der Waals surface area contributed by atoms with Gasteiger partial charge in [0, 0.05) is 81.7 Å². The zero-order chi connectivity index (χ0) is 35.0. The Morgan fingerprint density at radius 3 is 2.27 bits per heavy atom. The van der Waals surface area contributed by atoms with Crippen molar-refractivity contribution in [2.75, 3.05) is 53.6 Å². The Kier molecular flexibility index (Phi) is 12.8. The number of carbonyl (C=O) groups is 3. The molecular formula is C37H52FN3O7. The van der Waals surface area contributed by atoms with Crippen LogP contribution in [-0.4, -0.2) is 110 Å². The van der Waals surface area contributed by atoms with Gasteiger partial charge in [0.2, 0.25) is 0 Å². The molecule has 2 heterocycles. The molecule has 2 saturated heterocycles. The predicted molar refractivity (Wildman–Crippen MR) is 182 cm³/mol. The standard InChI is InChI=1S/C37H52FN3O7/c1-25(2)41(28-10-8-17-40(24-28)36(44)48-37(3,4)5)35(43)27-11-13-30(33(23-27)47-21-9-20-45-6)31-22-26(12-14-32(31)38)34(42)39-18-15-29(46-7)16-19-39/h11-14,22-23,25,28-29H,8-10,15-21,24H2,1-7H3/t28-/m1/s1. The number of piperidine rings is 2. The Balaban J connectivity index is 1.63. The van der Waals surface area contributed by atoms with Gasteiger partial charge in [-0.1, -0.05) is 0 Å². The van der Waals surface area contributed by atoms with Crippen molar-refractivity contribution in [2.45, 2.75) is 90.5 Å². The molecule has 1 atom stereocenters. The maximum atomic E-state index is 15.5. The summed E-state index contributed by atoms with van der Waals surface area (Å²) in [7, 11) is 3.29. The van der Waals surface area contributed by atoms with E-state index in [0.717, 1.165) is 25.7 Å². The lowest BCUT2D eigenvalue weighted by molar-refractivity contribution is 0.00751. The summed E-state index contributed by atoms with van der Waals surface area (Å²) in [5.74, 6) is -0.540. The lowest BCUT2D eigenvalue weighted by Gasteiger charge is -2.41. The summed E-state index contributed by atoms with van der Waals surface area (Å²) in [6, 6.07) is 9.02. The number of nitrogens with zero attached hydrogens (tertiary/aromatic N) is 3. The van der Waals surface area contributed by atoms with Crippen LogP contribution in [0.1, 0.15) is 87.4 Å². The number of hydrogen-bond donors (Lipinski definition) is 0. The highest BCUT2D eigenvalue weighted by Gasteiger charge is 2.35. The fraction of sp³-hybridized carbons (Fsp3) is 0.595. The van der Waals surface area contributed by atoms with Gasteiger partial charge in [0.25, 0.3) is 11.8 Å². The minimum absolute atomic E-state index is 0.130. The van der Waals surface area contributed by atoms with Crippen LogP contribution in [-0.2, 0) is 14.2 Å². The summed E-state index contributed by atoms with van der Waals surface area (Å²) >= 11 is 0. The molecule has 0 aromatic heterocycles. The number of amides is 3. The zero-order valence-corrected chi connectivity index (χ0v) is 29.6. The van der Waals surface area contributed by atoms with Crippen LogP contribution in [0.25, 0.3) is 11.1 Å². The molecule has 2 aliphatic heterocycles. The minimum Gasteiger partial charge on any atom is -0.493 e. The Morgan fingerprint density at radius 1 is 0.917 bits per heavy atom. The van der Waals surface area contributed by atoms with E-state index < -0.39 is 11.4 Å². The average Bonchev–Trinajstić information content (AvgIpc) is 3.06. The van der Waals surface area contributed by atoms with Gasteiger partial charge in [-0.2, -0.15) is 0 Å². The number of ether oxygens (including phenoxy) is 4. The van der Waals surface area contributed by atoms with Gasteiger partial charge < -0.3 is 33.6 Å². The van der Waals surface area contributed by atoms with Gasteiger partial charge >= 0.3 is 6.09 Å². The van der Waals surface area contributed by atoms with Gasteiger partial charge in [0.05, 0.1) is 18.8 Å². The molecule has 0 spiro atoms. The van der Waals surface area contributed by atoms with E-state index in [9.17, 15) is 14.4 Å². The second kappa shape index (κ2) is 16.6. The van der Waals surface area contributed by atoms with Crippen LogP contribution in [0.4, 0.5) is 9.18 Å². The Bertz CT molecular complexity index is 1420. The maximum absolute atomic E-state index is 15.5. The number of likely N-dealkylation sites (tertiary alicyclic amines) is 2. The number of benzene rings is 2. The molecule has 11 heteroatoms. The highest BCUT2D eigenvalue weighted by atomic mass is 19.1. The Morgan fingerprint density at radius 2 is 1.62 bits per heavy atom. The highest BCUT2D eigenvalue weighted by Crippen LogP contribution is 2.35. The smallest absolute Gasteiger partial charge is 0.410 e. The molecule has 3 amide bonds. The SMILES string of the molecule is COCCCOc1cc(C(=O)N(C(C)C)[C@@H]2CCCN(C(=O)OC(C)(C)C)C2)ccc1-c1cc(C(=O)N2CCC(OC)CC2)ccc1F. The fourth-order valence-corrected chi connectivity index (χ4v) is 6.37. The van der Waals surface area contributed by atoms with Crippen molar-refractivity contribution in [2.24, 2.45) is 0 Å². The van der Waals surface area contributed by atoms with Crippen molar-refractivity contribution in [1.82, 2.24) is 14.7 Å². The average molecular weight is 670 g/mol. The topological polar surface area (TPSA) is 97.8 Å². The predicted octanol–water partition coefficient (Wildman–Crippen LogP) is 6.41. The molecule has 2 fully saturated rings. The van der Waals surface area contributed by atoms with Crippen molar-refractivity contribution in [3.8, 4) is 16.9 Å². The molecule has 0 N–H and O–H groups in total. The molecule has 0 saturated carbocycles. The number of carbonyl (C=O) groups excluding carboxylic acids is 3. The lowest BCUT2D eigenvalue weighted by Crippen LogP contribution is -2.54. The van der Waals surface area contributed by atoms with Crippen LogP contribution in [0, 0.1) is 5.82 Å². The molecule has 4 rings (SSSR count). The fourth-order valence-electron chi connectivity index (χ4n) is 6.37. The monoisotopic (exact) mass is 669 g/mol. The molecule has 0 bridgehead atoms. The highest BCUT2D eigenvalue weighted by molar-refractivity contribution is 5.97. The molecule has 10 nitrogen and oxygen atoms in total. The van der Waals surface area contributed by atoms with Crippen LogP contribution in [0.5, 0.6) is 5.75 Å². The number of hydrogen-bond acceptors (Lipinski definition) is 7. The molecule has 264 valence electrons. The van der Waals surface area contributed by atoms with Gasteiger partial charge in [0.15, 0.2) is 0 Å². The van der Waals surface area contributed by atoms with Crippen molar-refractivity contribution < 1.29 is 37.7 Å². The van der Waals surface area contributed by atoms with Crippen LogP contribution in [0.15, 0.2) is 36.4 Å². The molecule has 0 aliphatic carbocycles. The van der Waals surface area contributed by atoms with E-state index >= 15 is 4.39 Å². The van der Waals surface area contributed by atoms with Gasteiger partial charge in [0.1, 0.15) is 17.2 Å². The number of halogens is 1. The molecule has 0 radical (unpaired) electrons. The first-order chi connectivity index (χ1) is 22.8. The second-order valence-electron chi connectivity index (χ2n) is 13.9. The summed E-state index contributed by atoms with van der Waals surface area (Å²) in [6.45, 7) is 12.2. The first-order valence-electron chi connectivity index (χ1n) is 17.0. The quantitative estimate of drug-likeness (QED) is 0.255. The molecule has 0 unspecified atom stereocenters. The summed E-state index contributed by atoms with van der Waals surface area (Å²) < 4.78 is 37.9. The summed E-state index contributed by atoms with van der Waals surface area (Å²) in [5.41, 5.74) is 0.809. The van der Waals surface area contributed by atoms with Crippen LogP contribution < -0.4 is 4.74 Å². The lowest BCUT2D eigenvalue weighted by atomic mass is 9.97. The summed E-state index contributed by atoms with van der Waals surface area (Å²) in [5, 5.41) is 0. The first-order valence-corrected chi connectivity index (χ1v) is 17.0. The molecule has 2 aromatic carbocycles. The van der Waals surface area contributed by atoms with Crippen molar-refractivity contribution >= 4 is 17.9 Å². The van der Waals surface area contributed by atoms with E-state index in [4.69, 9.17) is 18.9 Å². The molecule has 2 aromatic rings. The van der Waals surface area contributed by atoms with Gasteiger partial charge in [-0.15, -0.1) is 0 Å². The molecular weight excluding hydrogens is 617 g/mol. The molecule has 2 aliphatic rings. The summed E-state index contributed by atoms with van der Waals surface area (Å²) in [4.78, 5) is 45.7. The third-order valence-corrected chi connectivity index (χ3v) is 8.78. The van der Waals surface area contributed by atoms with E-state index in [0.29, 0.717) is 61.6 Å². The van der Waals surface area contributed by atoms with Crippen LogP contribution in [0.3, 0.4) is 0 Å². The van der Waals surface area contributed by atoms with Crippen molar-refractivity contribution in [3.63, 3.8) is 0 Å². The maximum Gasteiger partial charge on any atom is 0.410 e. The zero-order valence-electron chi connectivity index (χ0n) is 29.6. The van der Waals surface area contributed by atoms with Gasteiger partial charge in [-0.05, 0) is 96.7 Å². The minimum atomic E-state index is -0.619. The third kappa shape index (κ3) is 9.47. The normalized spacial score (nSPS) is 17.4. The Labute approximate surface area is 284 Å². The molecule has 48 heavy (non-hydrogen) atoms. The number of rotatable bonds is 11. The second-order valence-corrected chi connectivity index (χ2v) is 13.9. The Hall–Kier alpha value is -3.70. The van der Waals surface area contributed by atoms with Crippen LogP contribution >= 0.6 is 0 Å². The third-order valence-electron chi connectivity index (χ3n) is 8.78. The van der Waals surface area contributed by atoms with E-state index in [1.165, 1.54) is 12.1 Å². The summed E-state index contributed by atoms with van der Waals surface area (Å²) in [6.07, 6.45) is 3.32. The van der Waals surface area contributed by atoms with Crippen molar-refractivity contribution in [1.29, 1.82) is 0 Å². The van der Waals surface area contributed by atoms with E-state index in [2.05, 4.69) is 0 Å². The van der Waals surface area contributed by atoms with E-state index in [-0.39, 0.29) is 48.3 Å². The van der Waals surface area contributed by atoms with E-state index in [1.54, 1.807) is 48.3 Å². The largest absolute Gasteiger partial charge is 0.493 e. The van der Waals surface area contributed by atoms with Gasteiger partial charge in [-0.25, -0.2) is 9.18 Å². The van der Waals surface area contributed by atoms with Crippen molar-refractivity contribution in [3.05, 3.63) is 53.3 Å². The van der Waals surface area contributed by atoms with E-state index in [1.807, 2.05) is 39.5 Å². The van der Waals surface area contributed by atoms with Gasteiger partial charge in [-0.3, -0.25) is 9.59 Å². The number of methoxy groups -OCH3 is 2. The van der Waals surface area contributed by atoms with Crippen LogP contribution in [0.2, 0.25) is 0 Å². The first kappa shape index (κ1) is 37.1.